The Bertz CT molecular complexity index is 1110. The molecule has 8 heteroatoms. The van der Waals surface area contributed by atoms with Crippen LogP contribution in [0.25, 0.3) is 21.6 Å². The van der Waals surface area contributed by atoms with Crippen molar-refractivity contribution in [3.8, 4) is 11.4 Å². The van der Waals surface area contributed by atoms with E-state index >= 15 is 0 Å². The number of pyridine rings is 1. The van der Waals surface area contributed by atoms with E-state index < -0.39 is 0 Å². The molecule has 2 N–H and O–H groups in total. The first-order valence-corrected chi connectivity index (χ1v) is 11.6. The summed E-state index contributed by atoms with van der Waals surface area (Å²) in [5.74, 6) is 1.20. The number of fused-ring (bicyclic) bond motifs is 2. The summed E-state index contributed by atoms with van der Waals surface area (Å²) in [4.78, 5) is 29.9. The van der Waals surface area contributed by atoms with Crippen LogP contribution in [0.4, 0.5) is 0 Å². The second-order valence-corrected chi connectivity index (χ2v) is 9.01. The maximum absolute atomic E-state index is 12.4. The number of thiazole rings is 1. The molecular formula is C24H26N4O3S. The molecule has 32 heavy (non-hydrogen) atoms. The first kappa shape index (κ1) is 22.0. The van der Waals surface area contributed by atoms with Crippen molar-refractivity contribution in [2.24, 2.45) is 0 Å². The van der Waals surface area contributed by atoms with Crippen molar-refractivity contribution in [1.29, 1.82) is 0 Å². The molecule has 166 valence electrons. The Labute approximate surface area is 190 Å². The maximum atomic E-state index is 12.4. The van der Waals surface area contributed by atoms with E-state index in [1.54, 1.807) is 11.3 Å². The molecule has 0 atom stereocenters. The number of nitrogens with one attached hydrogen (secondary N) is 1. The quantitative estimate of drug-likeness (QED) is 0.436. The van der Waals surface area contributed by atoms with E-state index in [4.69, 9.17) is 9.90 Å². The third kappa shape index (κ3) is 5.13. The number of carbonyl (C=O) groups is 2. The van der Waals surface area contributed by atoms with Crippen LogP contribution in [-0.2, 0) is 16.0 Å². The fourth-order valence-corrected chi connectivity index (χ4v) is 5.30. The van der Waals surface area contributed by atoms with Gasteiger partial charge in [0.2, 0.25) is 5.91 Å². The van der Waals surface area contributed by atoms with Gasteiger partial charge in [0.05, 0.1) is 15.2 Å². The largest absolute Gasteiger partial charge is 0.483 e. The molecule has 1 amide bonds. The van der Waals surface area contributed by atoms with E-state index in [0.717, 1.165) is 42.0 Å². The summed E-state index contributed by atoms with van der Waals surface area (Å²) < 4.78 is 3.49. The molecule has 5 rings (SSSR count). The minimum absolute atomic E-state index is 0.139. The van der Waals surface area contributed by atoms with E-state index in [1.165, 1.54) is 10.3 Å². The molecule has 3 aliphatic rings. The molecule has 1 aromatic heterocycles. The number of para-hydroxylation sites is 1. The first-order chi connectivity index (χ1) is 15.7. The van der Waals surface area contributed by atoms with Gasteiger partial charge in [-0.1, -0.05) is 12.1 Å². The van der Waals surface area contributed by atoms with E-state index in [2.05, 4.69) is 50.3 Å². The predicted molar refractivity (Wildman–Crippen MR) is 125 cm³/mol. The lowest BCUT2D eigenvalue weighted by Gasteiger charge is -2.31. The van der Waals surface area contributed by atoms with Gasteiger partial charge < -0.3 is 15.0 Å². The number of nitrogens with zero attached hydrogens (tertiary/aromatic N) is 3. The summed E-state index contributed by atoms with van der Waals surface area (Å²) >= 11 is 1.69. The average Bonchev–Trinajstić information content (AvgIpc) is 3.45. The topological polar surface area (TPSA) is 97.1 Å². The Hall–Kier alpha value is -3.26. The van der Waals surface area contributed by atoms with Gasteiger partial charge in [-0.25, -0.2) is 9.97 Å². The highest BCUT2D eigenvalue weighted by Crippen LogP contribution is 2.32. The van der Waals surface area contributed by atoms with Crippen LogP contribution in [0, 0.1) is 0 Å². The molecule has 3 heterocycles. The lowest BCUT2D eigenvalue weighted by molar-refractivity contribution is -0.123. The van der Waals surface area contributed by atoms with Crippen molar-refractivity contribution in [3.63, 3.8) is 0 Å². The molecule has 2 aliphatic heterocycles. The summed E-state index contributed by atoms with van der Waals surface area (Å²) in [5, 5.41) is 11.2. The fourth-order valence-electron chi connectivity index (χ4n) is 4.33. The second-order valence-electron chi connectivity index (χ2n) is 7.89. The minimum Gasteiger partial charge on any atom is -0.483 e. The Kier molecular flexibility index (Phi) is 7.11. The fraction of sp³-hybridized carbons (Fsp3) is 0.333. The van der Waals surface area contributed by atoms with Gasteiger partial charge in [-0.3, -0.25) is 9.59 Å². The molecule has 0 radical (unpaired) electrons. The molecule has 2 aromatic rings. The molecule has 0 spiro atoms. The van der Waals surface area contributed by atoms with Crippen molar-refractivity contribution >= 4 is 33.9 Å². The molecule has 0 bridgehead atoms. The third-order valence-corrected chi connectivity index (χ3v) is 6.93. The van der Waals surface area contributed by atoms with Crippen molar-refractivity contribution in [2.45, 2.75) is 50.6 Å². The molecule has 1 saturated carbocycles. The number of carbonyl (C=O) groups excluding carboxylic acids is 1. The summed E-state index contributed by atoms with van der Waals surface area (Å²) in [6.07, 6.45) is 9.39. The van der Waals surface area contributed by atoms with E-state index in [1.807, 2.05) is 24.4 Å². The minimum atomic E-state index is -0.250. The summed E-state index contributed by atoms with van der Waals surface area (Å²) in [7, 11) is 0. The Balaban J connectivity index is 0.000000775. The van der Waals surface area contributed by atoms with Crippen LogP contribution in [0.5, 0.6) is 0 Å². The highest BCUT2D eigenvalue weighted by atomic mass is 32.1. The highest BCUT2D eigenvalue weighted by molar-refractivity contribution is 7.18. The first-order valence-electron chi connectivity index (χ1n) is 10.8. The summed E-state index contributed by atoms with van der Waals surface area (Å²) in [5.41, 5.74) is 2.22. The Morgan fingerprint density at radius 2 is 1.94 bits per heavy atom. The van der Waals surface area contributed by atoms with E-state index in [0.29, 0.717) is 18.9 Å². The molecule has 1 aromatic carbocycles. The number of rotatable bonds is 5. The number of amides is 1. The van der Waals surface area contributed by atoms with E-state index in [-0.39, 0.29) is 18.4 Å². The second kappa shape index (κ2) is 10.4. The maximum Gasteiger partial charge on any atom is 0.290 e. The standard InChI is InChI=1S/C23H24N4OS.CH2O2/c28-21(11-12-22-26-19-5-1-2-6-20(19)29-22)25-17-7-9-18(10-8-17)27-15-3-4-16-13-14-24-23(16)27;2-1-3/h1-6,13-15,17-18H,7-12H2,(H,25,28);1H,(H,2,3). The number of carboxylic acid groups (broad SMARTS) is 1. The number of benzene rings is 1. The number of aromatic nitrogens is 3. The van der Waals surface area contributed by atoms with Gasteiger partial charge in [0, 0.05) is 42.9 Å². The summed E-state index contributed by atoms with van der Waals surface area (Å²) in [6, 6.07) is 15.1. The van der Waals surface area contributed by atoms with Crippen LogP contribution >= 0.6 is 11.3 Å². The number of hydrogen-bond acceptors (Lipinski definition) is 5. The van der Waals surface area contributed by atoms with Crippen LogP contribution < -0.4 is 5.32 Å². The van der Waals surface area contributed by atoms with Gasteiger partial charge in [-0.05, 0) is 56.0 Å². The Morgan fingerprint density at radius 3 is 2.72 bits per heavy atom. The van der Waals surface area contributed by atoms with Crippen LogP contribution in [0.1, 0.15) is 43.2 Å². The van der Waals surface area contributed by atoms with Crippen LogP contribution in [-0.4, -0.2) is 38.1 Å². The van der Waals surface area contributed by atoms with Gasteiger partial charge in [0.15, 0.2) is 0 Å². The molecule has 7 nitrogen and oxygen atoms in total. The lowest BCUT2D eigenvalue weighted by atomic mass is 9.90. The van der Waals surface area contributed by atoms with Crippen molar-refractivity contribution in [1.82, 2.24) is 19.9 Å². The monoisotopic (exact) mass is 450 g/mol. The Morgan fingerprint density at radius 1 is 1.16 bits per heavy atom. The van der Waals surface area contributed by atoms with Gasteiger partial charge in [0.25, 0.3) is 6.47 Å². The van der Waals surface area contributed by atoms with E-state index in [9.17, 15) is 4.79 Å². The van der Waals surface area contributed by atoms with Gasteiger partial charge in [-0.15, -0.1) is 11.3 Å². The lowest BCUT2D eigenvalue weighted by Crippen LogP contribution is -2.38. The average molecular weight is 451 g/mol. The van der Waals surface area contributed by atoms with Gasteiger partial charge in [0.1, 0.15) is 5.82 Å². The molecule has 1 fully saturated rings. The molecule has 1 aliphatic carbocycles. The van der Waals surface area contributed by atoms with Crippen molar-refractivity contribution in [2.75, 3.05) is 0 Å². The zero-order valence-corrected chi connectivity index (χ0v) is 18.5. The normalized spacial score (nSPS) is 18.1. The third-order valence-electron chi connectivity index (χ3n) is 5.84. The number of hydrogen-bond donors (Lipinski definition) is 2. The van der Waals surface area contributed by atoms with Crippen LogP contribution in [0.2, 0.25) is 0 Å². The smallest absolute Gasteiger partial charge is 0.290 e. The molecular weight excluding hydrogens is 424 g/mol. The van der Waals surface area contributed by atoms with Crippen LogP contribution in [0.15, 0.2) is 54.9 Å². The summed E-state index contributed by atoms with van der Waals surface area (Å²) in [6.45, 7) is -0.250. The van der Waals surface area contributed by atoms with Crippen LogP contribution in [0.3, 0.4) is 0 Å². The van der Waals surface area contributed by atoms with Crippen molar-refractivity contribution in [3.05, 3.63) is 59.9 Å². The predicted octanol–water partition coefficient (Wildman–Crippen LogP) is 4.53. The van der Waals surface area contributed by atoms with Crippen molar-refractivity contribution < 1.29 is 14.7 Å². The van der Waals surface area contributed by atoms with Gasteiger partial charge >= 0.3 is 0 Å². The zero-order valence-electron chi connectivity index (χ0n) is 17.7. The highest BCUT2D eigenvalue weighted by Gasteiger charge is 2.25. The van der Waals surface area contributed by atoms with Gasteiger partial charge in [-0.2, -0.15) is 0 Å². The SMILES string of the molecule is O=C(CCc1nc2ccccc2s1)NC1CCC(n2cccc3ccnc2-3)CC1.O=CO. The zero-order chi connectivity index (χ0) is 22.3. The number of aryl methyl sites for hydroxylation is 1. The molecule has 0 unspecified atom stereocenters. The molecule has 0 saturated heterocycles.